The molecule has 0 aliphatic heterocycles. The Hall–Kier alpha value is -0.350. The minimum Gasteiger partial charge on any atom is -0.303 e. The maximum absolute atomic E-state index is 6.17. The number of nitrogens with one attached hydrogen (secondary N) is 1. The zero-order valence-corrected chi connectivity index (χ0v) is 14.5. The molecule has 2 aromatic rings. The lowest BCUT2D eigenvalue weighted by Gasteiger charge is -2.27. The van der Waals surface area contributed by atoms with Gasteiger partial charge in [0, 0.05) is 21.4 Å². The van der Waals surface area contributed by atoms with Crippen LogP contribution in [0.15, 0.2) is 34.8 Å². The van der Waals surface area contributed by atoms with E-state index in [4.69, 9.17) is 11.6 Å². The van der Waals surface area contributed by atoms with E-state index in [1.54, 1.807) is 11.3 Å². The van der Waals surface area contributed by atoms with Crippen LogP contribution < -0.4 is 5.32 Å². The minimum absolute atomic E-state index is 0.345. The second-order valence-corrected chi connectivity index (χ2v) is 8.00. The molecule has 0 saturated carbocycles. The van der Waals surface area contributed by atoms with Crippen LogP contribution in [0.2, 0.25) is 4.34 Å². The van der Waals surface area contributed by atoms with Gasteiger partial charge >= 0.3 is 0 Å². The van der Waals surface area contributed by atoms with Crippen LogP contribution in [-0.4, -0.2) is 0 Å². The third kappa shape index (κ3) is 3.11. The standard InChI is InChI=1S/C16H17BrClNS/c1-10(11-5-7-12(17)8-6-11)19-14-3-2-4-15-13(14)9-16(18)20-15/h5-10,14,19H,2-4H2,1H3. The molecule has 106 valence electrons. The summed E-state index contributed by atoms with van der Waals surface area (Å²) in [5, 5.41) is 3.76. The lowest BCUT2D eigenvalue weighted by Crippen LogP contribution is -2.27. The van der Waals surface area contributed by atoms with Crippen molar-refractivity contribution in [3.63, 3.8) is 0 Å². The van der Waals surface area contributed by atoms with Crippen molar-refractivity contribution in [3.8, 4) is 0 Å². The maximum Gasteiger partial charge on any atom is 0.0934 e. The van der Waals surface area contributed by atoms with E-state index in [1.807, 2.05) is 0 Å². The van der Waals surface area contributed by atoms with Gasteiger partial charge in [0.1, 0.15) is 0 Å². The SMILES string of the molecule is CC(NC1CCCc2sc(Cl)cc21)c1ccc(Br)cc1. The fourth-order valence-corrected chi connectivity index (χ4v) is 4.49. The minimum atomic E-state index is 0.345. The molecule has 1 heterocycles. The Balaban J connectivity index is 1.76. The number of thiophene rings is 1. The molecule has 0 amide bonds. The molecule has 2 atom stereocenters. The Morgan fingerprint density at radius 1 is 1.35 bits per heavy atom. The Labute approximate surface area is 137 Å². The van der Waals surface area contributed by atoms with Gasteiger partial charge in [0.15, 0.2) is 0 Å². The highest BCUT2D eigenvalue weighted by molar-refractivity contribution is 9.10. The van der Waals surface area contributed by atoms with Crippen molar-refractivity contribution in [2.45, 2.75) is 38.3 Å². The Morgan fingerprint density at radius 3 is 2.85 bits per heavy atom. The van der Waals surface area contributed by atoms with Gasteiger partial charge in [-0.25, -0.2) is 0 Å². The summed E-state index contributed by atoms with van der Waals surface area (Å²) in [4.78, 5) is 1.46. The van der Waals surface area contributed by atoms with Crippen molar-refractivity contribution in [2.75, 3.05) is 0 Å². The van der Waals surface area contributed by atoms with Crippen molar-refractivity contribution in [1.29, 1.82) is 0 Å². The number of benzene rings is 1. The van der Waals surface area contributed by atoms with E-state index < -0.39 is 0 Å². The summed E-state index contributed by atoms with van der Waals surface area (Å²) in [5.41, 5.74) is 2.73. The molecule has 0 saturated heterocycles. The number of hydrogen-bond acceptors (Lipinski definition) is 2. The van der Waals surface area contributed by atoms with Gasteiger partial charge in [-0.05, 0) is 55.5 Å². The highest BCUT2D eigenvalue weighted by Crippen LogP contribution is 2.38. The normalized spacial score (nSPS) is 19.6. The average Bonchev–Trinajstić information content (AvgIpc) is 2.81. The summed E-state index contributed by atoms with van der Waals surface area (Å²) < 4.78 is 2.04. The van der Waals surface area contributed by atoms with Gasteiger partial charge in [0.2, 0.25) is 0 Å². The molecule has 4 heteroatoms. The number of rotatable bonds is 3. The zero-order chi connectivity index (χ0) is 14.1. The van der Waals surface area contributed by atoms with Gasteiger partial charge in [0.05, 0.1) is 4.34 Å². The average molecular weight is 371 g/mol. The fraction of sp³-hybridized carbons (Fsp3) is 0.375. The third-order valence-corrected chi connectivity index (χ3v) is 5.77. The third-order valence-electron chi connectivity index (χ3n) is 3.90. The van der Waals surface area contributed by atoms with E-state index in [-0.39, 0.29) is 0 Å². The molecule has 0 bridgehead atoms. The van der Waals surface area contributed by atoms with Crippen LogP contribution in [0.25, 0.3) is 0 Å². The Kier molecular flexibility index (Phi) is 4.51. The van der Waals surface area contributed by atoms with E-state index in [0.717, 1.165) is 8.81 Å². The van der Waals surface area contributed by atoms with Crippen LogP contribution in [-0.2, 0) is 6.42 Å². The van der Waals surface area contributed by atoms with Crippen LogP contribution in [0.3, 0.4) is 0 Å². The second-order valence-electron chi connectivity index (χ2n) is 5.31. The van der Waals surface area contributed by atoms with E-state index in [1.165, 1.54) is 35.3 Å². The van der Waals surface area contributed by atoms with Crippen LogP contribution in [0.5, 0.6) is 0 Å². The summed E-state index contributed by atoms with van der Waals surface area (Å²) in [7, 11) is 0. The van der Waals surface area contributed by atoms with Crippen molar-refractivity contribution in [2.24, 2.45) is 0 Å². The highest BCUT2D eigenvalue weighted by atomic mass is 79.9. The molecule has 0 radical (unpaired) electrons. The number of halogens is 2. The molecule has 2 unspecified atom stereocenters. The first-order valence-corrected chi connectivity index (χ1v) is 8.92. The lowest BCUT2D eigenvalue weighted by molar-refractivity contribution is 0.418. The first-order chi connectivity index (χ1) is 9.63. The van der Waals surface area contributed by atoms with Crippen molar-refractivity contribution in [1.82, 2.24) is 5.32 Å². The summed E-state index contributed by atoms with van der Waals surface area (Å²) in [6.07, 6.45) is 3.62. The molecule has 1 aromatic carbocycles. The Morgan fingerprint density at radius 2 is 2.10 bits per heavy atom. The molecule has 3 rings (SSSR count). The molecule has 1 nitrogen and oxygen atoms in total. The van der Waals surface area contributed by atoms with E-state index in [2.05, 4.69) is 58.5 Å². The zero-order valence-electron chi connectivity index (χ0n) is 11.3. The summed E-state index contributed by atoms with van der Waals surface area (Å²) in [6, 6.07) is 11.5. The first kappa shape index (κ1) is 14.6. The van der Waals surface area contributed by atoms with Crippen LogP contribution >= 0.6 is 38.9 Å². The fourth-order valence-electron chi connectivity index (χ4n) is 2.84. The number of fused-ring (bicyclic) bond motifs is 1. The topological polar surface area (TPSA) is 12.0 Å². The van der Waals surface area contributed by atoms with Gasteiger partial charge in [-0.1, -0.05) is 39.7 Å². The van der Waals surface area contributed by atoms with Gasteiger partial charge in [-0.3, -0.25) is 0 Å². The predicted octanol–water partition coefficient (Wildman–Crippen LogP) is 5.89. The van der Waals surface area contributed by atoms with Crippen molar-refractivity contribution >= 4 is 38.9 Å². The molecule has 1 aliphatic rings. The van der Waals surface area contributed by atoms with Gasteiger partial charge in [-0.2, -0.15) is 0 Å². The molecular weight excluding hydrogens is 354 g/mol. The van der Waals surface area contributed by atoms with Crippen molar-refractivity contribution in [3.05, 3.63) is 55.1 Å². The molecule has 1 aliphatic carbocycles. The predicted molar refractivity (Wildman–Crippen MR) is 90.7 cm³/mol. The monoisotopic (exact) mass is 369 g/mol. The second kappa shape index (κ2) is 6.18. The maximum atomic E-state index is 6.17. The largest absolute Gasteiger partial charge is 0.303 e. The highest BCUT2D eigenvalue weighted by Gasteiger charge is 2.24. The van der Waals surface area contributed by atoms with Gasteiger partial charge in [0.25, 0.3) is 0 Å². The number of aryl methyl sites for hydroxylation is 1. The smallest absolute Gasteiger partial charge is 0.0934 e. The quantitative estimate of drug-likeness (QED) is 0.710. The lowest BCUT2D eigenvalue weighted by atomic mass is 9.93. The molecule has 1 N–H and O–H groups in total. The molecule has 0 fully saturated rings. The van der Waals surface area contributed by atoms with E-state index in [9.17, 15) is 0 Å². The molecular formula is C16H17BrClNS. The van der Waals surface area contributed by atoms with Crippen LogP contribution in [0.1, 0.15) is 47.9 Å². The Bertz CT molecular complexity index is 593. The number of hydrogen-bond donors (Lipinski definition) is 1. The molecule has 20 heavy (non-hydrogen) atoms. The van der Waals surface area contributed by atoms with Crippen LogP contribution in [0, 0.1) is 0 Å². The van der Waals surface area contributed by atoms with Crippen molar-refractivity contribution < 1.29 is 0 Å². The van der Waals surface area contributed by atoms with Crippen LogP contribution in [0.4, 0.5) is 0 Å². The molecule has 1 aromatic heterocycles. The van der Waals surface area contributed by atoms with E-state index in [0.29, 0.717) is 12.1 Å². The summed E-state index contributed by atoms with van der Waals surface area (Å²) in [5.74, 6) is 0. The molecule has 0 spiro atoms. The first-order valence-electron chi connectivity index (χ1n) is 6.93. The van der Waals surface area contributed by atoms with Gasteiger partial charge in [-0.15, -0.1) is 11.3 Å². The summed E-state index contributed by atoms with van der Waals surface area (Å²) >= 11 is 11.4. The van der Waals surface area contributed by atoms with E-state index >= 15 is 0 Å². The van der Waals surface area contributed by atoms with Gasteiger partial charge < -0.3 is 5.32 Å². The summed E-state index contributed by atoms with van der Waals surface area (Å²) in [6.45, 7) is 2.23.